The van der Waals surface area contributed by atoms with Crippen LogP contribution in [0.3, 0.4) is 0 Å². The Hall–Kier alpha value is -4.89. The molecule has 0 aliphatic rings. The summed E-state index contributed by atoms with van der Waals surface area (Å²) in [5.74, 6) is 0. The molecule has 275 valence electrons. The summed E-state index contributed by atoms with van der Waals surface area (Å²) in [4.78, 5) is 8.88. The first-order valence-electron chi connectivity index (χ1n) is 22.7. The molecule has 3 heterocycles. The summed E-state index contributed by atoms with van der Waals surface area (Å²) in [6.45, 7) is 6.10. The van der Waals surface area contributed by atoms with E-state index in [0.29, 0.717) is 39.2 Å². The molecule has 4 heteroatoms. The van der Waals surface area contributed by atoms with E-state index in [1.807, 2.05) is 87.5 Å². The molecular weight excluding hydrogens is 837 g/mol. The van der Waals surface area contributed by atoms with Crippen LogP contribution in [0.25, 0.3) is 66.4 Å². The first-order chi connectivity index (χ1) is 29.3. The van der Waals surface area contributed by atoms with Crippen molar-refractivity contribution in [2.24, 2.45) is 10.8 Å². The number of nitrogens with zero attached hydrogens (tertiary/aromatic N) is 2. The van der Waals surface area contributed by atoms with Gasteiger partial charge in [0.25, 0.3) is 0 Å². The first-order valence-corrected chi connectivity index (χ1v) is 17.7. The van der Waals surface area contributed by atoms with Crippen molar-refractivity contribution in [2.75, 3.05) is 0 Å². The fourth-order valence-corrected chi connectivity index (χ4v) is 6.32. The zero-order chi connectivity index (χ0) is 45.9. The Morgan fingerprint density at radius 3 is 2.11 bits per heavy atom. The van der Waals surface area contributed by atoms with Gasteiger partial charge in [0.2, 0.25) is 0 Å². The van der Waals surface area contributed by atoms with Crippen LogP contribution in [-0.4, -0.2) is 9.97 Å². The third kappa shape index (κ3) is 8.73. The maximum absolute atomic E-state index is 8.80. The fraction of sp³-hybridized carbons (Fsp3) is 0.240. The van der Waals surface area contributed by atoms with Gasteiger partial charge in [0.1, 0.15) is 5.58 Å². The Balaban J connectivity index is 0.000000212. The number of fused-ring (bicyclic) bond motifs is 5. The molecule has 1 radical (unpaired) electrons. The number of rotatable bonds is 5. The average molecular weight is 895 g/mol. The molecule has 8 aromatic rings. The molecule has 3 nitrogen and oxygen atoms in total. The molecule has 5 aromatic carbocycles. The minimum Gasteiger partial charge on any atom is -0.500 e. The SMILES string of the molecule is [2H]C([2H])([2H])c1c[c-]c(-c2ccc(C([2H])([2H])C(C)(C)C)cn2)cc1-c1ccccc1.[2H]C([2H])([2H])c1cnc(-c2[c-]ccc3c2oc2c4ccccc4ccc32)cc1C([2H])([2H])C(C)(C)C.[Ir]. The van der Waals surface area contributed by atoms with Gasteiger partial charge in [-0.05, 0) is 63.9 Å². The van der Waals surface area contributed by atoms with Crippen LogP contribution in [0.1, 0.15) is 77.5 Å². The molecule has 0 aliphatic carbocycles. The van der Waals surface area contributed by atoms with Gasteiger partial charge in [0.15, 0.2) is 0 Å². The largest absolute Gasteiger partial charge is 0.500 e. The van der Waals surface area contributed by atoms with Gasteiger partial charge in [-0.3, -0.25) is 0 Å². The molecule has 0 spiro atoms. The minimum absolute atomic E-state index is 0. The van der Waals surface area contributed by atoms with E-state index in [1.54, 1.807) is 57.3 Å². The van der Waals surface area contributed by atoms with Crippen molar-refractivity contribution in [3.63, 3.8) is 0 Å². The summed E-state index contributed by atoms with van der Waals surface area (Å²) in [5, 5.41) is 3.93. The number of hydrogen-bond donors (Lipinski definition) is 0. The second kappa shape index (κ2) is 15.8. The van der Waals surface area contributed by atoms with Crippen molar-refractivity contribution >= 4 is 32.7 Å². The van der Waals surface area contributed by atoms with Crippen LogP contribution >= 0.6 is 0 Å². The Bertz CT molecular complexity index is 2940. The zero-order valence-electron chi connectivity index (χ0n) is 41.2. The quantitative estimate of drug-likeness (QED) is 0.162. The number of hydrogen-bond acceptors (Lipinski definition) is 3. The average Bonchev–Trinajstić information content (AvgIpc) is 3.62. The number of aromatic nitrogens is 2. The van der Waals surface area contributed by atoms with Gasteiger partial charge in [-0.2, -0.15) is 0 Å². The summed E-state index contributed by atoms with van der Waals surface area (Å²) in [5.41, 5.74) is 4.44. The summed E-state index contributed by atoms with van der Waals surface area (Å²) in [6, 6.07) is 39.8. The molecule has 0 saturated heterocycles. The van der Waals surface area contributed by atoms with E-state index < -0.39 is 37.3 Å². The third-order valence-electron chi connectivity index (χ3n) is 8.59. The van der Waals surface area contributed by atoms with Crippen molar-refractivity contribution in [1.29, 1.82) is 0 Å². The van der Waals surface area contributed by atoms with E-state index in [4.69, 9.17) is 18.1 Å². The summed E-state index contributed by atoms with van der Waals surface area (Å²) < 4.78 is 88.2. The van der Waals surface area contributed by atoms with Crippen LogP contribution < -0.4 is 0 Å². The molecule has 0 bridgehead atoms. The van der Waals surface area contributed by atoms with Crippen LogP contribution in [0.15, 0.2) is 126 Å². The second-order valence-electron chi connectivity index (χ2n) is 15.2. The Kier molecular flexibility index (Phi) is 8.11. The van der Waals surface area contributed by atoms with Crippen molar-refractivity contribution in [2.45, 2.75) is 68.0 Å². The second-order valence-corrected chi connectivity index (χ2v) is 15.2. The molecule has 0 fully saturated rings. The normalized spacial score (nSPS) is 15.4. The van der Waals surface area contributed by atoms with Gasteiger partial charge in [-0.25, -0.2) is 0 Å². The van der Waals surface area contributed by atoms with E-state index in [2.05, 4.69) is 28.2 Å². The molecular formula is C50H48IrN2O-2. The van der Waals surface area contributed by atoms with E-state index in [1.165, 1.54) is 12.3 Å². The van der Waals surface area contributed by atoms with Gasteiger partial charge >= 0.3 is 0 Å². The van der Waals surface area contributed by atoms with Crippen LogP contribution in [0.4, 0.5) is 0 Å². The van der Waals surface area contributed by atoms with E-state index in [-0.39, 0.29) is 36.8 Å². The molecule has 0 unspecified atom stereocenters. The van der Waals surface area contributed by atoms with Gasteiger partial charge in [0, 0.05) is 57.0 Å². The Morgan fingerprint density at radius 2 is 1.39 bits per heavy atom. The third-order valence-corrected chi connectivity index (χ3v) is 8.59. The topological polar surface area (TPSA) is 38.9 Å². The predicted molar refractivity (Wildman–Crippen MR) is 223 cm³/mol. The molecule has 0 saturated carbocycles. The summed E-state index contributed by atoms with van der Waals surface area (Å²) in [6.07, 6.45) is -0.616. The maximum atomic E-state index is 8.80. The molecule has 54 heavy (non-hydrogen) atoms. The molecule has 3 aromatic heterocycles. The number of pyridine rings is 2. The van der Waals surface area contributed by atoms with Gasteiger partial charge in [-0.15, -0.1) is 47.5 Å². The van der Waals surface area contributed by atoms with Gasteiger partial charge < -0.3 is 14.4 Å². The van der Waals surface area contributed by atoms with Crippen molar-refractivity contribution in [3.8, 4) is 33.6 Å². The van der Waals surface area contributed by atoms with E-state index >= 15 is 0 Å². The standard InChI is InChI=1S/C27H24NO.C23H24N.Ir/c1-17-16-28-24(14-19(17)15-27(2,3)4)23-11-7-10-21-22-13-12-18-8-5-6-9-20(18)25(22)29-26(21)23;1-17-10-12-20(14-21(17)19-8-6-5-7-9-19)22-13-11-18(16-24-22)15-23(2,3)4;/h5-10,12-14,16H,15H2,1-4H3;5-11,13-14,16H,15H2,1-4H3;/q2*-1;/i2*1D3,15D2;. The molecule has 0 N–H and O–H groups in total. The van der Waals surface area contributed by atoms with Crippen LogP contribution in [0.5, 0.6) is 0 Å². The monoisotopic (exact) mass is 895 g/mol. The van der Waals surface area contributed by atoms with Crippen molar-refractivity contribution < 1.29 is 38.2 Å². The summed E-state index contributed by atoms with van der Waals surface area (Å²) in [7, 11) is 0. The smallest absolute Gasteiger partial charge is 0.128 e. The molecule has 8 rings (SSSR count). The van der Waals surface area contributed by atoms with E-state index in [0.717, 1.165) is 32.7 Å². The van der Waals surface area contributed by atoms with Crippen LogP contribution in [0.2, 0.25) is 0 Å². The van der Waals surface area contributed by atoms with Gasteiger partial charge in [0.05, 0.1) is 5.58 Å². The number of furan rings is 1. The Labute approximate surface area is 348 Å². The molecule has 0 amide bonds. The summed E-state index contributed by atoms with van der Waals surface area (Å²) >= 11 is 0. The van der Waals surface area contributed by atoms with Crippen molar-refractivity contribution in [3.05, 3.63) is 156 Å². The zero-order valence-corrected chi connectivity index (χ0v) is 33.6. The van der Waals surface area contributed by atoms with Crippen molar-refractivity contribution in [1.82, 2.24) is 9.97 Å². The Morgan fingerprint density at radius 1 is 0.667 bits per heavy atom. The van der Waals surface area contributed by atoms with Crippen LogP contribution in [-0.2, 0) is 32.9 Å². The predicted octanol–water partition coefficient (Wildman–Crippen LogP) is 13.6. The number of benzene rings is 5. The molecule has 0 atom stereocenters. The minimum atomic E-state index is -2.49. The molecule has 0 aliphatic heterocycles. The number of aryl methyl sites for hydroxylation is 2. The first kappa shape index (κ1) is 27.7. The van der Waals surface area contributed by atoms with E-state index in [9.17, 15) is 0 Å². The van der Waals surface area contributed by atoms with Gasteiger partial charge in [-0.1, -0.05) is 155 Å². The van der Waals surface area contributed by atoms with Crippen LogP contribution in [0, 0.1) is 36.7 Å². The fourth-order valence-electron chi connectivity index (χ4n) is 6.32. The maximum Gasteiger partial charge on any atom is 0.128 e.